The van der Waals surface area contributed by atoms with Crippen molar-refractivity contribution in [2.24, 2.45) is 0 Å². The van der Waals surface area contributed by atoms with Gasteiger partial charge in [0.1, 0.15) is 5.82 Å². The molecule has 1 N–H and O–H groups in total. The maximum atomic E-state index is 13.7. The van der Waals surface area contributed by atoms with Gasteiger partial charge >= 0.3 is 5.92 Å². The average molecular weight is 387 g/mol. The topological polar surface area (TPSA) is 88.8 Å². The van der Waals surface area contributed by atoms with Crippen LogP contribution in [0.25, 0.3) is 16.7 Å². The number of aromatic nitrogens is 5. The van der Waals surface area contributed by atoms with Crippen molar-refractivity contribution in [1.82, 2.24) is 24.7 Å². The van der Waals surface area contributed by atoms with Crippen molar-refractivity contribution in [2.75, 3.05) is 16.8 Å². The summed E-state index contributed by atoms with van der Waals surface area (Å²) in [5.41, 5.74) is 0.608. The predicted octanol–water partition coefficient (Wildman–Crippen LogP) is 2.88. The number of alkyl halides is 2. The molecule has 1 amide bonds. The van der Waals surface area contributed by atoms with Gasteiger partial charge in [0.15, 0.2) is 11.6 Å². The van der Waals surface area contributed by atoms with Crippen molar-refractivity contribution in [3.63, 3.8) is 0 Å². The van der Waals surface area contributed by atoms with Gasteiger partial charge in [0, 0.05) is 51.0 Å². The minimum absolute atomic E-state index is 0.218. The quantitative estimate of drug-likeness (QED) is 0.741. The fraction of sp³-hybridized carbons (Fsp3) is 0.389. The van der Waals surface area contributed by atoms with Crippen LogP contribution in [-0.2, 0) is 10.7 Å². The second-order valence-electron chi connectivity index (χ2n) is 6.96. The Balaban J connectivity index is 1.90. The van der Waals surface area contributed by atoms with Crippen LogP contribution in [-0.4, -0.2) is 43.2 Å². The van der Waals surface area contributed by atoms with Crippen molar-refractivity contribution in [3.05, 3.63) is 30.4 Å². The lowest BCUT2D eigenvalue weighted by Crippen LogP contribution is -2.46. The Kier molecular flexibility index (Phi) is 4.20. The van der Waals surface area contributed by atoms with E-state index in [0.29, 0.717) is 23.2 Å². The summed E-state index contributed by atoms with van der Waals surface area (Å²) in [6.07, 6.45) is 3.96. The van der Waals surface area contributed by atoms with Crippen LogP contribution in [0.1, 0.15) is 33.0 Å². The molecule has 146 valence electrons. The molecule has 3 aromatic rings. The lowest BCUT2D eigenvalue weighted by molar-refractivity contribution is -0.114. The van der Waals surface area contributed by atoms with E-state index in [2.05, 4.69) is 37.2 Å². The van der Waals surface area contributed by atoms with E-state index in [1.54, 1.807) is 12.3 Å². The zero-order valence-corrected chi connectivity index (χ0v) is 15.6. The Bertz CT molecular complexity index is 1060. The lowest BCUT2D eigenvalue weighted by atomic mass is 10.1. The molecule has 1 atom stereocenters. The molecule has 3 aromatic heterocycles. The summed E-state index contributed by atoms with van der Waals surface area (Å²) in [6.45, 7) is 5.08. The predicted molar refractivity (Wildman–Crippen MR) is 99.8 cm³/mol. The molecule has 1 aliphatic heterocycles. The molecule has 0 aromatic carbocycles. The third-order valence-electron chi connectivity index (χ3n) is 4.69. The molecule has 1 aliphatic rings. The molecule has 0 spiro atoms. The van der Waals surface area contributed by atoms with Crippen molar-refractivity contribution < 1.29 is 13.6 Å². The van der Waals surface area contributed by atoms with E-state index in [9.17, 15) is 13.6 Å². The summed E-state index contributed by atoms with van der Waals surface area (Å²) in [4.78, 5) is 25.5. The second-order valence-corrected chi connectivity index (χ2v) is 6.96. The Hall–Kier alpha value is -3.17. The number of nitrogens with one attached hydrogen (secondary N) is 1. The number of hydrogen-bond donors (Lipinski definition) is 1. The number of nitrogens with zero attached hydrogens (tertiary/aromatic N) is 6. The van der Waals surface area contributed by atoms with E-state index >= 15 is 0 Å². The molecule has 1 fully saturated rings. The van der Waals surface area contributed by atoms with Crippen LogP contribution in [0.4, 0.5) is 20.4 Å². The summed E-state index contributed by atoms with van der Waals surface area (Å²) >= 11 is 0. The number of hydrogen-bond acceptors (Lipinski definition) is 6. The first-order valence-corrected chi connectivity index (χ1v) is 8.89. The number of pyridine rings is 1. The van der Waals surface area contributed by atoms with Gasteiger partial charge in [-0.15, -0.1) is 5.10 Å². The molecule has 1 saturated heterocycles. The van der Waals surface area contributed by atoms with Crippen molar-refractivity contribution in [1.29, 1.82) is 0 Å². The van der Waals surface area contributed by atoms with Gasteiger partial charge < -0.3 is 10.2 Å². The number of fused-ring (bicyclic) bond motifs is 1. The number of amides is 1. The minimum Gasteiger partial charge on any atom is -0.352 e. The van der Waals surface area contributed by atoms with Gasteiger partial charge in [0.2, 0.25) is 11.7 Å². The Labute approximate surface area is 159 Å². The smallest absolute Gasteiger partial charge is 0.303 e. The van der Waals surface area contributed by atoms with Crippen LogP contribution in [0, 0.1) is 0 Å². The molecule has 0 saturated carbocycles. The van der Waals surface area contributed by atoms with Gasteiger partial charge in [0.05, 0.1) is 10.9 Å². The van der Waals surface area contributed by atoms with Gasteiger partial charge in [-0.05, 0) is 13.3 Å². The van der Waals surface area contributed by atoms with Gasteiger partial charge in [-0.1, -0.05) is 0 Å². The summed E-state index contributed by atoms with van der Waals surface area (Å²) in [5, 5.41) is 8.01. The fourth-order valence-corrected chi connectivity index (χ4v) is 3.14. The number of rotatable bonds is 4. The molecular weight excluding hydrogens is 368 g/mol. The molecular formula is C18H19F2N7O. The number of halogens is 2. The summed E-state index contributed by atoms with van der Waals surface area (Å²) in [6, 6.07) is 3.50. The van der Waals surface area contributed by atoms with Gasteiger partial charge in [0.25, 0.3) is 0 Å². The first-order valence-electron chi connectivity index (χ1n) is 8.89. The summed E-state index contributed by atoms with van der Waals surface area (Å²) < 4.78 is 28.9. The van der Waals surface area contributed by atoms with E-state index in [0.717, 1.165) is 25.3 Å². The maximum absolute atomic E-state index is 13.7. The first-order chi connectivity index (χ1) is 13.2. The molecule has 8 nitrogen and oxygen atoms in total. The SMILES string of the molecule is CC(=O)Nc1cc2c(cn1)c(N1CCC1C)nn2-c1ccnc(C(C)(F)F)n1. The van der Waals surface area contributed by atoms with E-state index in [-0.39, 0.29) is 11.7 Å². The Morgan fingerprint density at radius 2 is 2.14 bits per heavy atom. The lowest BCUT2D eigenvalue weighted by Gasteiger charge is -2.39. The van der Waals surface area contributed by atoms with E-state index in [1.165, 1.54) is 23.9 Å². The highest BCUT2D eigenvalue weighted by atomic mass is 19.3. The maximum Gasteiger partial charge on any atom is 0.303 e. The zero-order chi connectivity index (χ0) is 20.1. The van der Waals surface area contributed by atoms with Crippen molar-refractivity contribution >= 4 is 28.4 Å². The molecule has 28 heavy (non-hydrogen) atoms. The third kappa shape index (κ3) is 3.14. The van der Waals surface area contributed by atoms with Crippen molar-refractivity contribution in [2.45, 2.75) is 39.2 Å². The number of carbonyl (C=O) groups excluding carboxylic acids is 1. The van der Waals surface area contributed by atoms with Crippen LogP contribution < -0.4 is 10.2 Å². The Morgan fingerprint density at radius 1 is 1.36 bits per heavy atom. The first kappa shape index (κ1) is 18.2. The van der Waals surface area contributed by atoms with Gasteiger partial charge in [-0.3, -0.25) is 4.79 Å². The van der Waals surface area contributed by atoms with Crippen molar-refractivity contribution in [3.8, 4) is 5.82 Å². The van der Waals surface area contributed by atoms with E-state index in [4.69, 9.17) is 0 Å². The third-order valence-corrected chi connectivity index (χ3v) is 4.69. The molecule has 0 radical (unpaired) electrons. The largest absolute Gasteiger partial charge is 0.352 e. The highest BCUT2D eigenvalue weighted by molar-refractivity contribution is 5.95. The molecule has 10 heteroatoms. The number of anilines is 2. The van der Waals surface area contributed by atoms with Crippen LogP contribution in [0.2, 0.25) is 0 Å². The van der Waals surface area contributed by atoms with E-state index < -0.39 is 11.7 Å². The standard InChI is InChI=1S/C18H19F2N7O/c1-10-5-7-26(10)16-12-9-22-14(23-11(2)28)8-13(12)27(25-16)15-4-6-21-17(24-15)18(3,19)20/h4,6,8-10H,5,7H2,1-3H3,(H,22,23,28). The zero-order valence-electron chi connectivity index (χ0n) is 15.6. The molecule has 4 rings (SSSR count). The highest BCUT2D eigenvalue weighted by Crippen LogP contribution is 2.34. The van der Waals surface area contributed by atoms with Crippen LogP contribution in [0.15, 0.2) is 24.5 Å². The molecule has 1 unspecified atom stereocenters. The van der Waals surface area contributed by atoms with E-state index in [1.807, 2.05) is 0 Å². The van der Waals surface area contributed by atoms with Crippen LogP contribution in [0.3, 0.4) is 0 Å². The number of carbonyl (C=O) groups is 1. The minimum atomic E-state index is -3.17. The average Bonchev–Trinajstić information content (AvgIpc) is 2.98. The summed E-state index contributed by atoms with van der Waals surface area (Å²) in [7, 11) is 0. The molecule has 0 aliphatic carbocycles. The van der Waals surface area contributed by atoms with Crippen LogP contribution >= 0.6 is 0 Å². The Morgan fingerprint density at radius 3 is 2.75 bits per heavy atom. The second kappa shape index (κ2) is 6.47. The highest BCUT2D eigenvalue weighted by Gasteiger charge is 2.31. The molecule has 4 heterocycles. The normalized spacial score (nSPS) is 16.9. The monoisotopic (exact) mass is 387 g/mol. The summed E-state index contributed by atoms with van der Waals surface area (Å²) in [5.74, 6) is -2.74. The molecule has 0 bridgehead atoms. The van der Waals surface area contributed by atoms with Gasteiger partial charge in [-0.2, -0.15) is 8.78 Å². The van der Waals surface area contributed by atoms with Gasteiger partial charge in [-0.25, -0.2) is 19.6 Å². The van der Waals surface area contributed by atoms with Crippen LogP contribution in [0.5, 0.6) is 0 Å². The fourth-order valence-electron chi connectivity index (χ4n) is 3.14.